The molecule has 0 bridgehead atoms. The first-order valence-electron chi connectivity index (χ1n) is 8.90. The first kappa shape index (κ1) is 17.9. The molecule has 4 aromatic heterocycles. The molecule has 0 aliphatic heterocycles. The van der Waals surface area contributed by atoms with Gasteiger partial charge in [0.05, 0.1) is 5.92 Å². The van der Waals surface area contributed by atoms with E-state index < -0.39 is 0 Å². The molecule has 2 N–H and O–H groups in total. The highest BCUT2D eigenvalue weighted by atomic mass is 32.1. The highest BCUT2D eigenvalue weighted by molar-refractivity contribution is 7.22. The van der Waals surface area contributed by atoms with Crippen molar-refractivity contribution >= 4 is 51.0 Å². The van der Waals surface area contributed by atoms with Gasteiger partial charge in [0.2, 0.25) is 0 Å². The molecule has 1 aromatic carbocycles. The summed E-state index contributed by atoms with van der Waals surface area (Å²) >= 11 is 7.37. The molecule has 0 spiro atoms. The van der Waals surface area contributed by atoms with Crippen LogP contribution in [0.4, 0.5) is 5.69 Å². The Morgan fingerprint density at radius 2 is 1.11 bits per heavy atom. The number of thiophene rings is 4. The lowest BCUT2D eigenvalue weighted by atomic mass is 9.95. The Morgan fingerprint density at radius 1 is 0.571 bits per heavy atom. The van der Waals surface area contributed by atoms with Crippen molar-refractivity contribution in [3.05, 3.63) is 98.9 Å². The van der Waals surface area contributed by atoms with Crippen LogP contribution < -0.4 is 5.73 Å². The van der Waals surface area contributed by atoms with E-state index in [0.29, 0.717) is 0 Å². The van der Waals surface area contributed by atoms with Crippen LogP contribution in [0.25, 0.3) is 19.5 Å². The molecule has 0 aliphatic rings. The van der Waals surface area contributed by atoms with Gasteiger partial charge in [0.25, 0.3) is 0 Å². The average molecular weight is 436 g/mol. The summed E-state index contributed by atoms with van der Waals surface area (Å²) in [7, 11) is 0. The van der Waals surface area contributed by atoms with Crippen molar-refractivity contribution in [3.8, 4) is 19.5 Å². The number of anilines is 1. The van der Waals surface area contributed by atoms with Gasteiger partial charge in [-0.2, -0.15) is 0 Å². The second kappa shape index (κ2) is 7.68. The van der Waals surface area contributed by atoms with E-state index in [1.54, 1.807) is 22.7 Å². The van der Waals surface area contributed by atoms with Crippen LogP contribution in [0.1, 0.15) is 21.2 Å². The predicted molar refractivity (Wildman–Crippen MR) is 127 cm³/mol. The first-order chi connectivity index (χ1) is 13.8. The molecule has 0 aliphatic carbocycles. The molecule has 28 heavy (non-hydrogen) atoms. The maximum atomic E-state index is 5.95. The molecule has 0 unspecified atom stereocenters. The second-order valence-corrected chi connectivity index (χ2v) is 10.6. The molecular weight excluding hydrogens is 419 g/mol. The molecule has 138 valence electrons. The molecule has 4 heterocycles. The van der Waals surface area contributed by atoms with Crippen LogP contribution >= 0.6 is 45.3 Å². The lowest BCUT2D eigenvalue weighted by Crippen LogP contribution is -1.99. The number of nitrogen functional groups attached to an aromatic ring is 1. The van der Waals surface area contributed by atoms with Crippen molar-refractivity contribution in [1.82, 2.24) is 0 Å². The number of nitrogens with two attached hydrogens (primary N) is 1. The van der Waals surface area contributed by atoms with Crippen LogP contribution in [0.5, 0.6) is 0 Å². The normalized spacial score (nSPS) is 11.3. The lowest BCUT2D eigenvalue weighted by molar-refractivity contribution is 1.04. The fourth-order valence-corrected chi connectivity index (χ4v) is 7.33. The summed E-state index contributed by atoms with van der Waals surface area (Å²) < 4.78 is 0. The zero-order chi connectivity index (χ0) is 18.9. The Kier molecular flexibility index (Phi) is 4.91. The van der Waals surface area contributed by atoms with Gasteiger partial charge in [0.15, 0.2) is 0 Å². The molecule has 0 saturated carbocycles. The summed E-state index contributed by atoms with van der Waals surface area (Å²) in [4.78, 5) is 8.07. The lowest BCUT2D eigenvalue weighted by Gasteiger charge is -2.15. The Bertz CT molecular complexity index is 1090. The highest BCUT2D eigenvalue weighted by Crippen LogP contribution is 2.44. The van der Waals surface area contributed by atoms with Gasteiger partial charge in [-0.15, -0.1) is 45.3 Å². The minimum Gasteiger partial charge on any atom is -0.399 e. The fourth-order valence-electron chi connectivity index (χ4n) is 3.28. The fraction of sp³-hybridized carbons (Fsp3) is 0.0435. The summed E-state index contributed by atoms with van der Waals surface area (Å²) in [6.45, 7) is 0. The Morgan fingerprint density at radius 3 is 1.57 bits per heavy atom. The topological polar surface area (TPSA) is 26.0 Å². The molecule has 5 aromatic rings. The van der Waals surface area contributed by atoms with E-state index in [1.165, 1.54) is 34.8 Å². The van der Waals surface area contributed by atoms with Crippen LogP contribution in [-0.2, 0) is 0 Å². The summed E-state index contributed by atoms with van der Waals surface area (Å²) in [6, 6.07) is 26.0. The van der Waals surface area contributed by atoms with Gasteiger partial charge in [-0.05, 0) is 64.9 Å². The molecular formula is C23H17NS4. The van der Waals surface area contributed by atoms with E-state index in [2.05, 4.69) is 71.4 Å². The van der Waals surface area contributed by atoms with Gasteiger partial charge < -0.3 is 5.73 Å². The largest absolute Gasteiger partial charge is 0.399 e. The molecule has 0 amide bonds. The molecule has 5 rings (SSSR count). The molecule has 0 fully saturated rings. The number of hydrogen-bond donors (Lipinski definition) is 1. The van der Waals surface area contributed by atoms with E-state index >= 15 is 0 Å². The number of hydrogen-bond acceptors (Lipinski definition) is 5. The number of benzene rings is 1. The van der Waals surface area contributed by atoms with Crippen molar-refractivity contribution in [2.24, 2.45) is 0 Å². The van der Waals surface area contributed by atoms with Crippen LogP contribution in [0, 0.1) is 0 Å². The van der Waals surface area contributed by atoms with Crippen molar-refractivity contribution < 1.29 is 0 Å². The summed E-state index contributed by atoms with van der Waals surface area (Å²) in [6.07, 6.45) is 0. The minimum atomic E-state index is 0.234. The van der Waals surface area contributed by atoms with Gasteiger partial charge in [-0.25, -0.2) is 0 Å². The molecule has 0 atom stereocenters. The molecule has 0 radical (unpaired) electrons. The third kappa shape index (κ3) is 3.47. The Labute approximate surface area is 180 Å². The van der Waals surface area contributed by atoms with Crippen LogP contribution in [0.2, 0.25) is 0 Å². The zero-order valence-electron chi connectivity index (χ0n) is 14.9. The average Bonchev–Trinajstić information content (AvgIpc) is 3.48. The summed E-state index contributed by atoms with van der Waals surface area (Å²) in [5.74, 6) is 0.234. The van der Waals surface area contributed by atoms with Crippen molar-refractivity contribution in [1.29, 1.82) is 0 Å². The van der Waals surface area contributed by atoms with Crippen LogP contribution in [0.3, 0.4) is 0 Å². The summed E-state index contributed by atoms with van der Waals surface area (Å²) in [5, 5.41) is 4.28. The molecule has 1 nitrogen and oxygen atoms in total. The SMILES string of the molecule is Nc1ccc(C(c2ccc(-c3cccs3)s2)c2ccc(-c3cccs3)s2)cc1. The van der Waals surface area contributed by atoms with Crippen molar-refractivity contribution in [2.75, 3.05) is 5.73 Å². The molecule has 0 saturated heterocycles. The van der Waals surface area contributed by atoms with Crippen molar-refractivity contribution in [3.63, 3.8) is 0 Å². The minimum absolute atomic E-state index is 0.234. The zero-order valence-corrected chi connectivity index (χ0v) is 18.1. The van der Waals surface area contributed by atoms with Crippen LogP contribution in [0.15, 0.2) is 83.6 Å². The van der Waals surface area contributed by atoms with E-state index in [1.807, 2.05) is 34.8 Å². The third-order valence-corrected chi connectivity index (χ3v) is 9.05. The Hall–Kier alpha value is -2.18. The maximum absolute atomic E-state index is 5.95. The monoisotopic (exact) mass is 435 g/mol. The van der Waals surface area contributed by atoms with Gasteiger partial charge in [-0.3, -0.25) is 0 Å². The standard InChI is InChI=1S/C23H17NS4/c24-16-7-5-15(6-8-16)23(21-11-9-19(27-21)17-3-1-13-25-17)22-12-10-20(28-22)18-4-2-14-26-18/h1-14,23H,24H2. The number of rotatable bonds is 5. The predicted octanol–water partition coefficient (Wildman–Crippen LogP) is 8.03. The van der Waals surface area contributed by atoms with Gasteiger partial charge >= 0.3 is 0 Å². The van der Waals surface area contributed by atoms with Crippen molar-refractivity contribution in [2.45, 2.75) is 5.92 Å². The third-order valence-electron chi connectivity index (χ3n) is 4.62. The van der Waals surface area contributed by atoms with Gasteiger partial charge in [-0.1, -0.05) is 24.3 Å². The van der Waals surface area contributed by atoms with E-state index in [-0.39, 0.29) is 5.92 Å². The second-order valence-electron chi connectivity index (χ2n) is 6.46. The van der Waals surface area contributed by atoms with Crippen LogP contribution in [-0.4, -0.2) is 0 Å². The van der Waals surface area contributed by atoms with E-state index in [4.69, 9.17) is 5.73 Å². The first-order valence-corrected chi connectivity index (χ1v) is 12.3. The summed E-state index contributed by atoms with van der Waals surface area (Å²) in [5.41, 5.74) is 8.04. The quantitative estimate of drug-likeness (QED) is 0.278. The van der Waals surface area contributed by atoms with Gasteiger partial charge in [0, 0.05) is 35.0 Å². The Balaban J connectivity index is 1.59. The van der Waals surface area contributed by atoms with Gasteiger partial charge in [0.1, 0.15) is 0 Å². The highest BCUT2D eigenvalue weighted by Gasteiger charge is 2.21. The molecule has 5 heteroatoms. The van der Waals surface area contributed by atoms with E-state index in [9.17, 15) is 0 Å². The van der Waals surface area contributed by atoms with E-state index in [0.717, 1.165) is 5.69 Å². The maximum Gasteiger partial charge on any atom is 0.0528 e. The smallest absolute Gasteiger partial charge is 0.0528 e.